The largest absolute Gasteiger partial charge is 0.460 e. The lowest BCUT2D eigenvalue weighted by atomic mass is 10.2. The van der Waals surface area contributed by atoms with Gasteiger partial charge in [0.2, 0.25) is 7.37 Å². The minimum absolute atomic E-state index is 0.116. The minimum atomic E-state index is -3.28. The fourth-order valence-corrected chi connectivity index (χ4v) is 5.91. The molecule has 3 unspecified atom stereocenters. The quantitative estimate of drug-likeness (QED) is 0.448. The second-order valence-electron chi connectivity index (χ2n) is 5.75. The molecule has 2 N–H and O–H groups in total. The Morgan fingerprint density at radius 3 is 2.52 bits per heavy atom. The first-order chi connectivity index (χ1) is 10.9. The minimum Gasteiger partial charge on any atom is -0.460 e. The van der Waals surface area contributed by atoms with E-state index in [1.807, 2.05) is 30.3 Å². The van der Waals surface area contributed by atoms with Crippen LogP contribution in [0.25, 0.3) is 0 Å². The summed E-state index contributed by atoms with van der Waals surface area (Å²) in [6, 6.07) is 9.33. The Morgan fingerprint density at radius 2 is 2.04 bits per heavy atom. The number of rotatable bonds is 8. The molecule has 1 saturated carbocycles. The summed E-state index contributed by atoms with van der Waals surface area (Å²) < 4.78 is 24.2. The lowest BCUT2D eigenvalue weighted by molar-refractivity contribution is -0.146. The fraction of sp³-hybridized carbons (Fsp3) is 0.471. The van der Waals surface area contributed by atoms with E-state index in [9.17, 15) is 9.36 Å². The number of carbonyl (C=O) groups is 1. The van der Waals surface area contributed by atoms with Crippen molar-refractivity contribution in [3.05, 3.63) is 48.6 Å². The number of benzene rings is 1. The molecule has 1 aromatic carbocycles. The molecular formula is C17H24NO4P. The molecule has 126 valence electrons. The van der Waals surface area contributed by atoms with Gasteiger partial charge in [0.1, 0.15) is 6.61 Å². The SMILES string of the molecule is C=CC1(N)CC1(C(=O)OCc1ccccc1)P(=O)(CC)OCC. The van der Waals surface area contributed by atoms with Crippen LogP contribution in [0, 0.1) is 0 Å². The Balaban J connectivity index is 2.24. The Morgan fingerprint density at radius 1 is 1.39 bits per heavy atom. The van der Waals surface area contributed by atoms with Crippen molar-refractivity contribution in [2.45, 2.75) is 37.6 Å². The number of esters is 1. The molecule has 0 aromatic heterocycles. The smallest absolute Gasteiger partial charge is 0.324 e. The molecule has 0 saturated heterocycles. The highest BCUT2D eigenvalue weighted by Crippen LogP contribution is 2.74. The van der Waals surface area contributed by atoms with Crippen LogP contribution in [0.5, 0.6) is 0 Å². The van der Waals surface area contributed by atoms with Gasteiger partial charge in [-0.2, -0.15) is 0 Å². The number of nitrogens with two attached hydrogens (primary N) is 1. The van der Waals surface area contributed by atoms with Gasteiger partial charge in [0.05, 0.1) is 12.1 Å². The van der Waals surface area contributed by atoms with Crippen molar-refractivity contribution < 1.29 is 18.6 Å². The van der Waals surface area contributed by atoms with Gasteiger partial charge in [-0.3, -0.25) is 9.36 Å². The van der Waals surface area contributed by atoms with Crippen molar-refractivity contribution in [3.63, 3.8) is 0 Å². The van der Waals surface area contributed by atoms with E-state index in [0.717, 1.165) is 5.56 Å². The van der Waals surface area contributed by atoms with Crippen LogP contribution in [0.2, 0.25) is 0 Å². The Hall–Kier alpha value is -1.42. The first-order valence-electron chi connectivity index (χ1n) is 7.76. The average Bonchev–Trinajstić information content (AvgIpc) is 3.22. The zero-order valence-corrected chi connectivity index (χ0v) is 14.6. The maximum Gasteiger partial charge on any atom is 0.324 e. The molecule has 23 heavy (non-hydrogen) atoms. The summed E-state index contributed by atoms with van der Waals surface area (Å²) in [7, 11) is -3.28. The molecule has 1 aliphatic rings. The highest BCUT2D eigenvalue weighted by molar-refractivity contribution is 7.62. The van der Waals surface area contributed by atoms with Crippen molar-refractivity contribution in [1.82, 2.24) is 0 Å². The summed E-state index contributed by atoms with van der Waals surface area (Å²) in [5.41, 5.74) is 6.04. The Bertz CT molecular complexity index is 633. The van der Waals surface area contributed by atoms with Gasteiger partial charge in [0.25, 0.3) is 0 Å². The van der Waals surface area contributed by atoms with E-state index in [2.05, 4.69) is 6.58 Å². The van der Waals surface area contributed by atoms with Gasteiger partial charge >= 0.3 is 5.97 Å². The molecule has 1 fully saturated rings. The molecular weight excluding hydrogens is 313 g/mol. The van der Waals surface area contributed by atoms with Crippen molar-refractivity contribution >= 4 is 13.3 Å². The molecule has 1 aromatic rings. The molecule has 6 heteroatoms. The molecule has 0 bridgehead atoms. The molecule has 0 aliphatic heterocycles. The second kappa shape index (κ2) is 6.60. The van der Waals surface area contributed by atoms with E-state index in [1.54, 1.807) is 13.8 Å². The van der Waals surface area contributed by atoms with Crippen LogP contribution >= 0.6 is 7.37 Å². The van der Waals surface area contributed by atoms with Crippen LogP contribution in [-0.2, 0) is 25.2 Å². The molecule has 0 radical (unpaired) electrons. The molecule has 0 spiro atoms. The van der Waals surface area contributed by atoms with Crippen molar-refractivity contribution in [2.75, 3.05) is 12.8 Å². The van der Waals surface area contributed by atoms with E-state index in [-0.39, 0.29) is 25.8 Å². The standard InChI is InChI=1S/C17H24NO4P/c1-4-16(18)13-17(16,23(20,6-3)22-5-2)15(19)21-12-14-10-8-7-9-11-14/h4,7-11H,1,5-6,12-13,18H2,2-3H3. The average molecular weight is 337 g/mol. The number of carbonyl (C=O) groups excluding carboxylic acids is 1. The van der Waals surface area contributed by atoms with E-state index < -0.39 is 24.0 Å². The van der Waals surface area contributed by atoms with Crippen molar-refractivity contribution in [3.8, 4) is 0 Å². The molecule has 5 nitrogen and oxygen atoms in total. The summed E-state index contributed by atoms with van der Waals surface area (Å²) >= 11 is 0. The number of hydrogen-bond acceptors (Lipinski definition) is 5. The number of ether oxygens (including phenoxy) is 1. The summed E-state index contributed by atoms with van der Waals surface area (Å²) in [5, 5.41) is -1.32. The zero-order valence-electron chi connectivity index (χ0n) is 13.7. The lowest BCUT2D eigenvalue weighted by Gasteiger charge is -2.27. The van der Waals surface area contributed by atoms with Gasteiger partial charge in [-0.1, -0.05) is 43.3 Å². The summed E-state index contributed by atoms with van der Waals surface area (Å²) in [5.74, 6) is -0.567. The zero-order chi connectivity index (χ0) is 17.1. The number of hydrogen-bond donors (Lipinski definition) is 1. The highest BCUT2D eigenvalue weighted by Gasteiger charge is 2.79. The van der Waals surface area contributed by atoms with Gasteiger partial charge in [-0.05, 0) is 18.9 Å². The predicted octanol–water partition coefficient (Wildman–Crippen LogP) is 3.09. The first-order valence-corrected chi connectivity index (χ1v) is 9.57. The van der Waals surface area contributed by atoms with Crippen LogP contribution in [-0.4, -0.2) is 29.4 Å². The summed E-state index contributed by atoms with van der Waals surface area (Å²) in [4.78, 5) is 12.8. The van der Waals surface area contributed by atoms with Gasteiger partial charge in [0.15, 0.2) is 5.16 Å². The van der Waals surface area contributed by atoms with E-state index >= 15 is 0 Å². The second-order valence-corrected chi connectivity index (χ2v) is 8.75. The van der Waals surface area contributed by atoms with Crippen LogP contribution < -0.4 is 5.73 Å². The van der Waals surface area contributed by atoms with Crippen LogP contribution in [0.15, 0.2) is 43.0 Å². The third-order valence-corrected chi connectivity index (χ3v) is 7.87. The van der Waals surface area contributed by atoms with Crippen LogP contribution in [0.1, 0.15) is 25.8 Å². The monoisotopic (exact) mass is 337 g/mol. The highest BCUT2D eigenvalue weighted by atomic mass is 31.2. The topological polar surface area (TPSA) is 78.6 Å². The van der Waals surface area contributed by atoms with E-state index in [0.29, 0.717) is 0 Å². The van der Waals surface area contributed by atoms with Crippen LogP contribution in [0.4, 0.5) is 0 Å². The Kier molecular flexibility index (Phi) is 5.14. The van der Waals surface area contributed by atoms with Crippen molar-refractivity contribution in [1.29, 1.82) is 0 Å². The summed E-state index contributed by atoms with van der Waals surface area (Å²) in [6.07, 6.45) is 1.95. The molecule has 3 atom stereocenters. The van der Waals surface area contributed by atoms with E-state index in [4.69, 9.17) is 15.0 Å². The van der Waals surface area contributed by atoms with Gasteiger partial charge < -0.3 is 15.0 Å². The van der Waals surface area contributed by atoms with E-state index in [1.165, 1.54) is 6.08 Å². The van der Waals surface area contributed by atoms with Crippen molar-refractivity contribution in [2.24, 2.45) is 5.73 Å². The third kappa shape index (κ3) is 2.89. The maximum absolute atomic E-state index is 13.2. The first kappa shape index (κ1) is 17.9. The Labute approximate surface area is 137 Å². The van der Waals surface area contributed by atoms with Gasteiger partial charge in [-0.15, -0.1) is 6.58 Å². The van der Waals surface area contributed by atoms with Gasteiger partial charge in [0, 0.05) is 6.16 Å². The van der Waals surface area contributed by atoms with Gasteiger partial charge in [-0.25, -0.2) is 0 Å². The normalized spacial score (nSPS) is 28.7. The molecule has 2 rings (SSSR count). The maximum atomic E-state index is 13.2. The molecule has 0 heterocycles. The molecule has 0 amide bonds. The molecule has 1 aliphatic carbocycles. The van der Waals surface area contributed by atoms with Crippen LogP contribution in [0.3, 0.4) is 0 Å². The predicted molar refractivity (Wildman–Crippen MR) is 90.5 cm³/mol. The lowest BCUT2D eigenvalue weighted by Crippen LogP contribution is -2.41. The summed E-state index contributed by atoms with van der Waals surface area (Å²) in [6.45, 7) is 7.55. The third-order valence-electron chi connectivity index (χ3n) is 4.44. The fourth-order valence-electron chi connectivity index (χ4n) is 2.98.